The molecular weight excluding hydrogens is 376 g/mol. The van der Waals surface area contributed by atoms with Gasteiger partial charge in [-0.1, -0.05) is 6.07 Å². The number of rotatable bonds is 6. The quantitative estimate of drug-likeness (QED) is 0.779. The van der Waals surface area contributed by atoms with Crippen LogP contribution in [0.15, 0.2) is 24.5 Å². The number of pyridine rings is 1. The van der Waals surface area contributed by atoms with Gasteiger partial charge in [-0.3, -0.25) is 14.7 Å². The zero-order chi connectivity index (χ0) is 18.5. The number of aromatic nitrogens is 1. The minimum Gasteiger partial charge on any atom is -0.378 e. The summed E-state index contributed by atoms with van der Waals surface area (Å²) in [6, 6.07) is 4.75. The van der Waals surface area contributed by atoms with Crippen molar-refractivity contribution >= 4 is 18.3 Å². The van der Waals surface area contributed by atoms with E-state index in [1.807, 2.05) is 23.4 Å². The number of nitrogens with zero attached hydrogens (tertiary/aromatic N) is 3. The van der Waals surface area contributed by atoms with Crippen molar-refractivity contribution in [2.45, 2.75) is 38.3 Å². The lowest BCUT2D eigenvalue weighted by atomic mass is 9.79. The van der Waals surface area contributed by atoms with Crippen molar-refractivity contribution < 1.29 is 9.53 Å². The maximum atomic E-state index is 12.3. The van der Waals surface area contributed by atoms with E-state index in [0.717, 1.165) is 51.5 Å². The summed E-state index contributed by atoms with van der Waals surface area (Å²) in [5.74, 6) is 1.76. The summed E-state index contributed by atoms with van der Waals surface area (Å²) in [6.07, 6.45) is 7.92. The molecule has 0 radical (unpaired) electrons. The molecule has 0 saturated carbocycles. The van der Waals surface area contributed by atoms with Crippen LogP contribution in [-0.2, 0) is 16.1 Å². The second-order valence-electron chi connectivity index (χ2n) is 8.32. The van der Waals surface area contributed by atoms with Gasteiger partial charge in [-0.15, -0.1) is 12.4 Å². The molecule has 4 rings (SSSR count). The summed E-state index contributed by atoms with van der Waals surface area (Å²) < 4.78 is 5.33. The van der Waals surface area contributed by atoms with Gasteiger partial charge in [0, 0.05) is 57.6 Å². The maximum Gasteiger partial charge on any atom is 0.222 e. The van der Waals surface area contributed by atoms with Gasteiger partial charge in [0.1, 0.15) is 0 Å². The number of fused-ring (bicyclic) bond motifs is 2. The Labute approximate surface area is 174 Å². The number of nitrogens with one attached hydrogen (secondary N) is 1. The first kappa shape index (κ1) is 21.5. The van der Waals surface area contributed by atoms with Crippen molar-refractivity contribution in [3.63, 3.8) is 0 Å². The monoisotopic (exact) mass is 408 g/mol. The summed E-state index contributed by atoms with van der Waals surface area (Å²) in [4.78, 5) is 21.2. The molecule has 0 spiro atoms. The third kappa shape index (κ3) is 5.66. The van der Waals surface area contributed by atoms with Gasteiger partial charge in [0.2, 0.25) is 5.91 Å². The van der Waals surface area contributed by atoms with Crippen LogP contribution in [0.4, 0.5) is 0 Å². The van der Waals surface area contributed by atoms with E-state index in [1.54, 1.807) is 0 Å². The number of morpholine rings is 1. The van der Waals surface area contributed by atoms with Crippen LogP contribution in [0.25, 0.3) is 0 Å². The molecule has 28 heavy (non-hydrogen) atoms. The number of carbonyl (C=O) groups excluding carboxylic acids is 1. The Morgan fingerprint density at radius 1 is 1.29 bits per heavy atom. The van der Waals surface area contributed by atoms with E-state index in [-0.39, 0.29) is 12.4 Å². The fourth-order valence-electron chi connectivity index (χ4n) is 4.93. The average molecular weight is 409 g/mol. The highest BCUT2D eigenvalue weighted by molar-refractivity contribution is 5.85. The van der Waals surface area contributed by atoms with Gasteiger partial charge in [0.25, 0.3) is 0 Å². The van der Waals surface area contributed by atoms with Crippen molar-refractivity contribution in [2.24, 2.45) is 11.8 Å². The molecular formula is C21H33ClN4O2. The van der Waals surface area contributed by atoms with E-state index < -0.39 is 0 Å². The summed E-state index contributed by atoms with van der Waals surface area (Å²) >= 11 is 0. The van der Waals surface area contributed by atoms with Crippen molar-refractivity contribution in [1.29, 1.82) is 0 Å². The SMILES string of the molecule is Cl.O=C(CCC[C@H]1NCC2CC1CN(Cc1cccnc1)C2)N1CCOCC1. The van der Waals surface area contributed by atoms with Gasteiger partial charge in [0.05, 0.1) is 13.2 Å². The fourth-order valence-corrected chi connectivity index (χ4v) is 4.93. The molecule has 1 amide bonds. The predicted molar refractivity (Wildman–Crippen MR) is 111 cm³/mol. The number of ether oxygens (including phenoxy) is 1. The Morgan fingerprint density at radius 2 is 2.14 bits per heavy atom. The zero-order valence-corrected chi connectivity index (χ0v) is 17.4. The number of hydrogen-bond donors (Lipinski definition) is 1. The highest BCUT2D eigenvalue weighted by atomic mass is 35.5. The van der Waals surface area contributed by atoms with Gasteiger partial charge >= 0.3 is 0 Å². The van der Waals surface area contributed by atoms with Crippen LogP contribution in [-0.4, -0.2) is 72.7 Å². The number of amides is 1. The molecule has 3 aliphatic rings. The van der Waals surface area contributed by atoms with Gasteiger partial charge in [-0.25, -0.2) is 0 Å². The lowest BCUT2D eigenvalue weighted by Crippen LogP contribution is -2.55. The van der Waals surface area contributed by atoms with Crippen LogP contribution in [0, 0.1) is 11.8 Å². The molecule has 2 bridgehead atoms. The van der Waals surface area contributed by atoms with E-state index >= 15 is 0 Å². The molecule has 6 nitrogen and oxygen atoms in total. The number of halogens is 1. The van der Waals surface area contributed by atoms with Gasteiger partial charge < -0.3 is 15.0 Å². The smallest absolute Gasteiger partial charge is 0.222 e. The Hall–Kier alpha value is -1.21. The summed E-state index contributed by atoms with van der Waals surface area (Å²) in [5.41, 5.74) is 1.30. The van der Waals surface area contributed by atoms with Gasteiger partial charge in [0.15, 0.2) is 0 Å². The van der Waals surface area contributed by atoms with E-state index in [0.29, 0.717) is 37.5 Å². The van der Waals surface area contributed by atoms with Crippen molar-refractivity contribution in [1.82, 2.24) is 20.1 Å². The highest BCUT2D eigenvalue weighted by Gasteiger charge is 2.36. The predicted octanol–water partition coefficient (Wildman–Crippen LogP) is 1.94. The lowest BCUT2D eigenvalue weighted by molar-refractivity contribution is -0.135. The molecule has 1 N–H and O–H groups in total. The Kier molecular flexibility index (Phi) is 8.09. The maximum absolute atomic E-state index is 12.3. The normalized spacial score (nSPS) is 27.9. The molecule has 3 atom stereocenters. The largest absolute Gasteiger partial charge is 0.378 e. The van der Waals surface area contributed by atoms with E-state index in [4.69, 9.17) is 4.74 Å². The Balaban J connectivity index is 0.00000225. The van der Waals surface area contributed by atoms with Crippen molar-refractivity contribution in [3.05, 3.63) is 30.1 Å². The van der Waals surface area contributed by atoms with Gasteiger partial charge in [-0.05, 0) is 49.3 Å². The first-order valence-electron chi connectivity index (χ1n) is 10.5. The standard InChI is InChI=1S/C21H32N4O2.ClH/c26-21(25-7-9-27-10-8-25)5-1-4-20-19-11-18(13-23-20)15-24(16-19)14-17-3-2-6-22-12-17;/h2-3,6,12,18-20,23H,1,4-5,7-11,13-16H2;1H/t18?,19?,20-;/m1./s1. The van der Waals surface area contributed by atoms with Crippen LogP contribution < -0.4 is 5.32 Å². The first-order chi connectivity index (χ1) is 13.3. The molecule has 1 aromatic heterocycles. The number of carbonyl (C=O) groups is 1. The van der Waals surface area contributed by atoms with Crippen LogP contribution >= 0.6 is 12.4 Å². The van der Waals surface area contributed by atoms with Crippen LogP contribution in [0.5, 0.6) is 0 Å². The van der Waals surface area contributed by atoms with Crippen molar-refractivity contribution in [3.8, 4) is 0 Å². The topological polar surface area (TPSA) is 57.7 Å². The molecule has 0 aromatic carbocycles. The minimum absolute atomic E-state index is 0. The second-order valence-corrected chi connectivity index (χ2v) is 8.32. The number of hydrogen-bond acceptors (Lipinski definition) is 5. The lowest BCUT2D eigenvalue weighted by Gasteiger charge is -2.46. The molecule has 1 aromatic rings. The van der Waals surface area contributed by atoms with Crippen LogP contribution in [0.1, 0.15) is 31.2 Å². The third-order valence-corrected chi connectivity index (χ3v) is 6.28. The fraction of sp³-hybridized carbons (Fsp3) is 0.714. The van der Waals surface area contributed by atoms with E-state index in [2.05, 4.69) is 21.3 Å². The number of piperidine rings is 2. The summed E-state index contributed by atoms with van der Waals surface area (Å²) in [6.45, 7) is 7.34. The molecule has 3 fully saturated rings. The van der Waals surface area contributed by atoms with Crippen LogP contribution in [0.2, 0.25) is 0 Å². The minimum atomic E-state index is 0. The molecule has 156 valence electrons. The van der Waals surface area contributed by atoms with E-state index in [9.17, 15) is 4.79 Å². The zero-order valence-electron chi connectivity index (χ0n) is 16.6. The molecule has 3 aliphatic heterocycles. The van der Waals surface area contributed by atoms with E-state index in [1.165, 1.54) is 18.5 Å². The average Bonchev–Trinajstić information content (AvgIpc) is 2.71. The molecule has 4 heterocycles. The third-order valence-electron chi connectivity index (χ3n) is 6.28. The Morgan fingerprint density at radius 3 is 2.93 bits per heavy atom. The van der Waals surface area contributed by atoms with Crippen LogP contribution in [0.3, 0.4) is 0 Å². The molecule has 7 heteroatoms. The summed E-state index contributed by atoms with van der Waals surface area (Å²) in [7, 11) is 0. The molecule has 2 unspecified atom stereocenters. The van der Waals surface area contributed by atoms with Crippen molar-refractivity contribution in [2.75, 3.05) is 45.9 Å². The van der Waals surface area contributed by atoms with Gasteiger partial charge in [-0.2, -0.15) is 0 Å². The summed E-state index contributed by atoms with van der Waals surface area (Å²) in [5, 5.41) is 3.77. The second kappa shape index (κ2) is 10.5. The Bertz CT molecular complexity index is 612. The molecule has 3 saturated heterocycles. The highest BCUT2D eigenvalue weighted by Crippen LogP contribution is 2.31. The first-order valence-corrected chi connectivity index (χ1v) is 10.5. The molecule has 0 aliphatic carbocycles. The number of likely N-dealkylation sites (tertiary alicyclic amines) is 1.